The van der Waals surface area contributed by atoms with Gasteiger partial charge in [-0.15, -0.1) is 11.3 Å². The van der Waals surface area contributed by atoms with Crippen LogP contribution in [0.1, 0.15) is 22.9 Å². The van der Waals surface area contributed by atoms with Gasteiger partial charge in [-0.3, -0.25) is 0 Å². The predicted molar refractivity (Wildman–Crippen MR) is 216 cm³/mol. The largest absolute Gasteiger partial charge is 0.324 e. The summed E-state index contributed by atoms with van der Waals surface area (Å²) in [7, 11) is 0. The minimum atomic E-state index is -0.410. The van der Waals surface area contributed by atoms with Crippen molar-refractivity contribution in [3.8, 4) is 33.4 Å². The number of nitrogens with zero attached hydrogens (tertiary/aromatic N) is 2. The zero-order valence-electron chi connectivity index (χ0n) is 27.5. The van der Waals surface area contributed by atoms with Crippen molar-refractivity contribution < 1.29 is 0 Å². The zero-order chi connectivity index (χ0) is 33.5. The second-order valence-electron chi connectivity index (χ2n) is 13.4. The quantitative estimate of drug-likeness (QED) is 0.199. The van der Waals surface area contributed by atoms with Crippen molar-refractivity contribution in [2.75, 3.05) is 0 Å². The van der Waals surface area contributed by atoms with Crippen molar-refractivity contribution >= 4 is 64.7 Å². The van der Waals surface area contributed by atoms with E-state index in [4.69, 9.17) is 9.98 Å². The molecule has 9 aromatic rings. The molecule has 2 heterocycles. The van der Waals surface area contributed by atoms with Gasteiger partial charge in [-0.2, -0.15) is 0 Å². The van der Waals surface area contributed by atoms with Crippen molar-refractivity contribution in [2.45, 2.75) is 6.17 Å². The van der Waals surface area contributed by atoms with Crippen LogP contribution in [0.25, 0.3) is 75.1 Å². The van der Waals surface area contributed by atoms with Gasteiger partial charge in [-0.1, -0.05) is 152 Å². The topological polar surface area (TPSA) is 36.8 Å². The Kier molecular flexibility index (Phi) is 6.18. The van der Waals surface area contributed by atoms with Crippen LogP contribution in [0.5, 0.6) is 0 Å². The second-order valence-corrected chi connectivity index (χ2v) is 14.4. The van der Waals surface area contributed by atoms with E-state index in [2.05, 4.69) is 163 Å². The molecule has 51 heavy (non-hydrogen) atoms. The second kappa shape index (κ2) is 11.1. The summed E-state index contributed by atoms with van der Waals surface area (Å²) in [6.07, 6.45) is -0.410. The third-order valence-corrected chi connectivity index (χ3v) is 11.7. The number of fused-ring (bicyclic) bond motifs is 8. The van der Waals surface area contributed by atoms with Gasteiger partial charge in [0, 0.05) is 42.4 Å². The summed E-state index contributed by atoms with van der Waals surface area (Å²) in [6.45, 7) is 0. The van der Waals surface area contributed by atoms with Gasteiger partial charge in [0.1, 0.15) is 11.7 Å². The molecule has 238 valence electrons. The zero-order valence-corrected chi connectivity index (χ0v) is 28.3. The summed E-state index contributed by atoms with van der Waals surface area (Å²) in [5.74, 6) is 1.64. The molecule has 4 heteroatoms. The predicted octanol–water partition coefficient (Wildman–Crippen LogP) is 12.2. The molecule has 1 aliphatic carbocycles. The average Bonchev–Trinajstić information content (AvgIpc) is 3.75. The van der Waals surface area contributed by atoms with E-state index in [0.717, 1.165) is 28.4 Å². The van der Waals surface area contributed by atoms with E-state index in [1.54, 1.807) is 0 Å². The first-order chi connectivity index (χ1) is 25.3. The third-order valence-electron chi connectivity index (χ3n) is 10.5. The van der Waals surface area contributed by atoms with Crippen LogP contribution < -0.4 is 5.32 Å². The molecule has 0 spiro atoms. The highest BCUT2D eigenvalue weighted by Gasteiger charge is 2.27. The minimum absolute atomic E-state index is 0.410. The molecule has 0 bridgehead atoms. The van der Waals surface area contributed by atoms with Crippen molar-refractivity contribution in [3.63, 3.8) is 0 Å². The van der Waals surface area contributed by atoms with E-state index in [-0.39, 0.29) is 0 Å². The lowest BCUT2D eigenvalue weighted by molar-refractivity contribution is 0.763. The lowest BCUT2D eigenvalue weighted by Crippen LogP contribution is -2.36. The molecule has 1 aromatic heterocycles. The maximum atomic E-state index is 5.34. The Morgan fingerprint density at radius 2 is 1.12 bits per heavy atom. The van der Waals surface area contributed by atoms with Crippen LogP contribution in [0, 0.1) is 0 Å². The Hall–Kier alpha value is -6.36. The molecular weight excluding hydrogens is 639 g/mol. The van der Waals surface area contributed by atoms with Crippen molar-refractivity contribution in [1.29, 1.82) is 0 Å². The Balaban J connectivity index is 1.05. The number of thiophene rings is 1. The summed E-state index contributed by atoms with van der Waals surface area (Å²) in [5.41, 5.74) is 10.9. The SMILES string of the molecule is c1ccc(C2=NC(c3cccc4sc5c6c(ccc5c34)-c3cccc4cccc-6c34)N=C(c3ccc(-c4ccc5ccccc5c4)cc3)N2)cc1. The molecule has 0 amide bonds. The Labute approximate surface area is 298 Å². The number of rotatable bonds is 4. The van der Waals surface area contributed by atoms with Crippen LogP contribution in [-0.4, -0.2) is 11.7 Å². The van der Waals surface area contributed by atoms with E-state index < -0.39 is 6.17 Å². The number of aliphatic imine (C=N–C) groups is 2. The van der Waals surface area contributed by atoms with Gasteiger partial charge >= 0.3 is 0 Å². The number of benzene rings is 8. The Morgan fingerprint density at radius 3 is 1.94 bits per heavy atom. The van der Waals surface area contributed by atoms with Crippen LogP contribution in [0.2, 0.25) is 0 Å². The van der Waals surface area contributed by atoms with E-state index in [0.29, 0.717) is 0 Å². The fourth-order valence-electron chi connectivity index (χ4n) is 8.07. The molecule has 2 aliphatic rings. The first-order valence-electron chi connectivity index (χ1n) is 17.4. The molecular formula is C47H29N3S. The van der Waals surface area contributed by atoms with E-state index in [1.807, 2.05) is 17.4 Å². The fraction of sp³-hybridized carbons (Fsp3) is 0.0213. The molecule has 1 N–H and O–H groups in total. The highest BCUT2D eigenvalue weighted by atomic mass is 32.1. The first kappa shape index (κ1) is 28.5. The lowest BCUT2D eigenvalue weighted by atomic mass is 9.98. The van der Waals surface area contributed by atoms with E-state index in [9.17, 15) is 0 Å². The summed E-state index contributed by atoms with van der Waals surface area (Å²) >= 11 is 1.88. The van der Waals surface area contributed by atoms with Crippen LogP contribution in [0.3, 0.4) is 0 Å². The third kappa shape index (κ3) is 4.43. The normalized spacial score (nSPS) is 14.9. The number of hydrogen-bond acceptors (Lipinski definition) is 4. The number of hydrogen-bond donors (Lipinski definition) is 1. The summed E-state index contributed by atoms with van der Waals surface area (Å²) in [4.78, 5) is 10.6. The Morgan fingerprint density at radius 1 is 0.451 bits per heavy atom. The summed E-state index contributed by atoms with van der Waals surface area (Å²) in [6, 6.07) is 58.9. The Bertz CT molecular complexity index is 2930. The summed E-state index contributed by atoms with van der Waals surface area (Å²) < 4.78 is 2.58. The van der Waals surface area contributed by atoms with Crippen molar-refractivity contribution in [1.82, 2.24) is 5.32 Å². The number of nitrogens with one attached hydrogen (secondary N) is 1. The van der Waals surface area contributed by atoms with Gasteiger partial charge in [0.15, 0.2) is 6.17 Å². The molecule has 11 rings (SSSR count). The molecule has 1 unspecified atom stereocenters. The van der Waals surface area contributed by atoms with Crippen molar-refractivity contribution in [3.05, 3.63) is 180 Å². The van der Waals surface area contributed by atoms with Gasteiger partial charge in [-0.25, -0.2) is 9.98 Å². The highest BCUT2D eigenvalue weighted by Crippen LogP contribution is 2.53. The van der Waals surface area contributed by atoms with E-state index in [1.165, 1.54) is 75.1 Å². The average molecular weight is 668 g/mol. The first-order valence-corrected chi connectivity index (χ1v) is 18.2. The monoisotopic (exact) mass is 667 g/mol. The van der Waals surface area contributed by atoms with Crippen LogP contribution in [0.4, 0.5) is 0 Å². The maximum absolute atomic E-state index is 5.34. The van der Waals surface area contributed by atoms with Crippen LogP contribution in [0.15, 0.2) is 174 Å². The van der Waals surface area contributed by atoms with Crippen LogP contribution >= 0.6 is 11.3 Å². The molecule has 0 saturated heterocycles. The molecule has 8 aromatic carbocycles. The highest BCUT2D eigenvalue weighted by molar-refractivity contribution is 7.26. The minimum Gasteiger partial charge on any atom is -0.324 e. The molecule has 0 radical (unpaired) electrons. The van der Waals surface area contributed by atoms with Gasteiger partial charge in [-0.05, 0) is 61.5 Å². The fourth-order valence-corrected chi connectivity index (χ4v) is 9.36. The van der Waals surface area contributed by atoms with Gasteiger partial charge in [0.25, 0.3) is 0 Å². The van der Waals surface area contributed by atoms with Crippen molar-refractivity contribution in [2.24, 2.45) is 9.98 Å². The summed E-state index contributed by atoms with van der Waals surface area (Å²) in [5, 5.41) is 11.2. The van der Waals surface area contributed by atoms with Gasteiger partial charge in [0.2, 0.25) is 0 Å². The van der Waals surface area contributed by atoms with Gasteiger partial charge < -0.3 is 5.32 Å². The standard InChI is InChI=1S/C47H29N3S/c1-2-10-31(11-3-1)45-48-46(32-22-19-29(20-23-32)34-24-21-28-9-4-5-12-33(28)27-34)50-47(49-45)39-17-8-18-40-42(39)38-26-25-36-35-15-6-13-30-14-7-16-37(41(30)35)43(36)44(38)51-40/h1-27,47H,(H,48,49,50). The molecule has 0 fully saturated rings. The molecule has 1 aliphatic heterocycles. The number of amidine groups is 2. The lowest BCUT2D eigenvalue weighted by Gasteiger charge is -2.23. The van der Waals surface area contributed by atoms with Crippen LogP contribution in [-0.2, 0) is 0 Å². The van der Waals surface area contributed by atoms with Gasteiger partial charge in [0.05, 0.1) is 0 Å². The maximum Gasteiger partial charge on any atom is 0.170 e. The molecule has 0 saturated carbocycles. The van der Waals surface area contributed by atoms with E-state index >= 15 is 0 Å². The molecule has 3 nitrogen and oxygen atoms in total. The molecule has 1 atom stereocenters. The smallest absolute Gasteiger partial charge is 0.170 e.